The number of halogens is 1. The van der Waals surface area contributed by atoms with Gasteiger partial charge in [-0.15, -0.1) is 12.4 Å². The van der Waals surface area contributed by atoms with Crippen LogP contribution in [0.25, 0.3) is 0 Å². The lowest BCUT2D eigenvalue weighted by Crippen LogP contribution is -2.35. The molecule has 0 bridgehead atoms. The van der Waals surface area contributed by atoms with Crippen LogP contribution < -0.4 is 16.4 Å². The van der Waals surface area contributed by atoms with Crippen LogP contribution in [-0.4, -0.2) is 36.5 Å². The Hall–Kier alpha value is -1.79. The summed E-state index contributed by atoms with van der Waals surface area (Å²) in [6.07, 6.45) is 7.57. The number of carbonyl (C=O) groups is 2. The Bertz CT molecular complexity index is 615. The van der Waals surface area contributed by atoms with Crippen molar-refractivity contribution in [3.05, 3.63) is 24.3 Å². The Morgan fingerprint density at radius 1 is 0.926 bits per heavy atom. The minimum Gasteiger partial charge on any atom is -0.330 e. The van der Waals surface area contributed by atoms with Crippen LogP contribution in [0.15, 0.2) is 24.3 Å². The van der Waals surface area contributed by atoms with E-state index in [9.17, 15) is 9.59 Å². The molecule has 150 valence electrons. The monoisotopic (exact) mass is 394 g/mol. The smallest absolute Gasteiger partial charge is 0.321 e. The first kappa shape index (κ1) is 21.5. The summed E-state index contributed by atoms with van der Waals surface area (Å²) in [5, 5.41) is 5.93. The molecule has 3 amide bonds. The predicted molar refractivity (Wildman–Crippen MR) is 111 cm³/mol. The molecule has 2 atom stereocenters. The lowest BCUT2D eigenvalue weighted by Gasteiger charge is -2.21. The largest absolute Gasteiger partial charge is 0.330 e. The van der Waals surface area contributed by atoms with Crippen LogP contribution in [0.3, 0.4) is 0 Å². The number of benzene rings is 1. The molecule has 1 aliphatic heterocycles. The van der Waals surface area contributed by atoms with E-state index in [1.54, 1.807) is 0 Å². The van der Waals surface area contributed by atoms with Gasteiger partial charge in [0.2, 0.25) is 5.91 Å². The Kier molecular flexibility index (Phi) is 8.38. The van der Waals surface area contributed by atoms with E-state index in [1.807, 2.05) is 29.2 Å². The molecule has 3 rings (SSSR count). The lowest BCUT2D eigenvalue weighted by molar-refractivity contribution is -0.120. The lowest BCUT2D eigenvalue weighted by atomic mass is 9.95. The number of nitrogens with two attached hydrogens (primary N) is 1. The Morgan fingerprint density at radius 2 is 1.52 bits per heavy atom. The van der Waals surface area contributed by atoms with Crippen LogP contribution in [0.4, 0.5) is 16.2 Å². The third-order valence-corrected chi connectivity index (χ3v) is 5.60. The summed E-state index contributed by atoms with van der Waals surface area (Å²) in [6.45, 7) is 2.22. The summed E-state index contributed by atoms with van der Waals surface area (Å²) in [4.78, 5) is 26.7. The van der Waals surface area contributed by atoms with Gasteiger partial charge in [-0.05, 0) is 62.4 Å². The van der Waals surface area contributed by atoms with Crippen molar-refractivity contribution in [3.8, 4) is 0 Å². The number of anilines is 2. The second-order valence-corrected chi connectivity index (χ2v) is 7.43. The van der Waals surface area contributed by atoms with Crippen molar-refractivity contribution in [1.82, 2.24) is 4.90 Å². The fraction of sp³-hybridized carbons (Fsp3) is 0.600. The zero-order chi connectivity index (χ0) is 18.4. The second-order valence-electron chi connectivity index (χ2n) is 7.43. The Balaban J connectivity index is 0.00000261. The number of carbonyl (C=O) groups excluding carboxylic acids is 2. The Morgan fingerprint density at radius 3 is 2.11 bits per heavy atom. The van der Waals surface area contributed by atoms with Gasteiger partial charge in [-0.1, -0.05) is 19.3 Å². The molecule has 2 aliphatic rings. The highest BCUT2D eigenvalue weighted by molar-refractivity contribution is 5.94. The van der Waals surface area contributed by atoms with Gasteiger partial charge in [-0.25, -0.2) is 4.79 Å². The first-order valence-corrected chi connectivity index (χ1v) is 9.84. The average molecular weight is 395 g/mol. The fourth-order valence-electron chi connectivity index (χ4n) is 4.01. The zero-order valence-electron chi connectivity index (χ0n) is 15.8. The molecule has 1 heterocycles. The van der Waals surface area contributed by atoms with Gasteiger partial charge in [0.05, 0.1) is 0 Å². The topological polar surface area (TPSA) is 87.5 Å². The van der Waals surface area contributed by atoms with E-state index in [-0.39, 0.29) is 30.3 Å². The van der Waals surface area contributed by atoms with Crippen molar-refractivity contribution >= 4 is 35.7 Å². The van der Waals surface area contributed by atoms with E-state index >= 15 is 0 Å². The summed E-state index contributed by atoms with van der Waals surface area (Å²) in [5.74, 6) is 0.365. The highest BCUT2D eigenvalue weighted by Crippen LogP contribution is 2.32. The van der Waals surface area contributed by atoms with Crippen LogP contribution in [-0.2, 0) is 4.79 Å². The normalized spacial score (nSPS) is 22.5. The van der Waals surface area contributed by atoms with Crippen molar-refractivity contribution in [1.29, 1.82) is 0 Å². The molecule has 0 radical (unpaired) electrons. The van der Waals surface area contributed by atoms with E-state index in [0.29, 0.717) is 12.5 Å². The predicted octanol–water partition coefficient (Wildman–Crippen LogP) is 3.83. The SMILES string of the molecule is Cl.NC[C@H]1CCC[C@H]1C(=O)Nc1ccc(NC(=O)N2CCCCCC2)cc1. The van der Waals surface area contributed by atoms with E-state index in [4.69, 9.17) is 5.73 Å². The molecule has 1 aliphatic carbocycles. The van der Waals surface area contributed by atoms with Gasteiger partial charge in [-0.2, -0.15) is 0 Å². The van der Waals surface area contributed by atoms with E-state index in [0.717, 1.165) is 56.6 Å². The van der Waals surface area contributed by atoms with Gasteiger partial charge < -0.3 is 21.3 Å². The van der Waals surface area contributed by atoms with Gasteiger partial charge in [0.25, 0.3) is 0 Å². The second kappa shape index (κ2) is 10.5. The molecule has 1 saturated carbocycles. The third kappa shape index (κ3) is 5.84. The molecule has 1 aromatic rings. The molecule has 0 aromatic heterocycles. The summed E-state index contributed by atoms with van der Waals surface area (Å²) in [7, 11) is 0. The fourth-order valence-corrected chi connectivity index (χ4v) is 4.01. The van der Waals surface area contributed by atoms with E-state index in [2.05, 4.69) is 10.6 Å². The van der Waals surface area contributed by atoms with Crippen molar-refractivity contribution in [2.75, 3.05) is 30.3 Å². The summed E-state index contributed by atoms with van der Waals surface area (Å²) >= 11 is 0. The van der Waals surface area contributed by atoms with Crippen LogP contribution in [0.5, 0.6) is 0 Å². The molecule has 0 unspecified atom stereocenters. The van der Waals surface area contributed by atoms with Gasteiger partial charge in [-0.3, -0.25) is 4.79 Å². The number of amides is 3. The number of hydrogen-bond donors (Lipinski definition) is 3. The van der Waals surface area contributed by atoms with Gasteiger partial charge in [0.1, 0.15) is 0 Å². The highest BCUT2D eigenvalue weighted by Gasteiger charge is 2.31. The van der Waals surface area contributed by atoms with Gasteiger partial charge >= 0.3 is 6.03 Å². The van der Waals surface area contributed by atoms with Gasteiger partial charge in [0, 0.05) is 30.4 Å². The van der Waals surface area contributed by atoms with Crippen LogP contribution in [0, 0.1) is 11.8 Å². The molecule has 27 heavy (non-hydrogen) atoms. The molecule has 6 nitrogen and oxygen atoms in total. The molecule has 7 heteroatoms. The standard InChI is InChI=1S/C20H30N4O2.ClH/c21-14-15-6-5-7-18(15)19(25)22-16-8-10-17(11-9-16)23-20(26)24-12-3-1-2-4-13-24;/h8-11,15,18H,1-7,12-14,21H2,(H,22,25)(H,23,26);1H/t15-,18-;/m1./s1. The molecule has 0 spiro atoms. The maximum Gasteiger partial charge on any atom is 0.321 e. The summed E-state index contributed by atoms with van der Waals surface area (Å²) < 4.78 is 0. The first-order chi connectivity index (χ1) is 12.7. The van der Waals surface area contributed by atoms with E-state index < -0.39 is 0 Å². The quantitative estimate of drug-likeness (QED) is 0.725. The number of urea groups is 1. The molecular weight excluding hydrogens is 364 g/mol. The highest BCUT2D eigenvalue weighted by atomic mass is 35.5. The molecule has 4 N–H and O–H groups in total. The van der Waals surface area contributed by atoms with E-state index in [1.165, 1.54) is 12.8 Å². The van der Waals surface area contributed by atoms with Crippen LogP contribution >= 0.6 is 12.4 Å². The first-order valence-electron chi connectivity index (χ1n) is 9.84. The van der Waals surface area contributed by atoms with Gasteiger partial charge in [0.15, 0.2) is 0 Å². The molecule has 1 saturated heterocycles. The zero-order valence-corrected chi connectivity index (χ0v) is 16.6. The minimum atomic E-state index is -0.0413. The van der Waals surface area contributed by atoms with Crippen molar-refractivity contribution in [2.45, 2.75) is 44.9 Å². The molecule has 1 aromatic carbocycles. The number of rotatable bonds is 4. The minimum absolute atomic E-state index is 0. The summed E-state index contributed by atoms with van der Waals surface area (Å²) in [6, 6.07) is 7.30. The maximum absolute atomic E-state index is 12.4. The Labute approximate surface area is 167 Å². The molecular formula is C20H31ClN4O2. The average Bonchev–Trinajstić information content (AvgIpc) is 2.97. The maximum atomic E-state index is 12.4. The third-order valence-electron chi connectivity index (χ3n) is 5.60. The van der Waals surface area contributed by atoms with Crippen molar-refractivity contribution in [2.24, 2.45) is 17.6 Å². The molecule has 2 fully saturated rings. The summed E-state index contributed by atoms with van der Waals surface area (Å²) in [5.41, 5.74) is 7.27. The number of nitrogens with one attached hydrogen (secondary N) is 2. The number of nitrogens with zero attached hydrogens (tertiary/aromatic N) is 1. The van der Waals surface area contributed by atoms with Crippen molar-refractivity contribution in [3.63, 3.8) is 0 Å². The number of hydrogen-bond acceptors (Lipinski definition) is 3. The van der Waals surface area contributed by atoms with Crippen LogP contribution in [0.2, 0.25) is 0 Å². The van der Waals surface area contributed by atoms with Crippen molar-refractivity contribution < 1.29 is 9.59 Å². The number of likely N-dealkylation sites (tertiary alicyclic amines) is 1. The van der Waals surface area contributed by atoms with Crippen LogP contribution in [0.1, 0.15) is 44.9 Å².